The second-order valence-corrected chi connectivity index (χ2v) is 5.42. The van der Waals surface area contributed by atoms with E-state index in [1.165, 1.54) is 24.3 Å². The molecule has 0 saturated heterocycles. The summed E-state index contributed by atoms with van der Waals surface area (Å²) < 4.78 is 14.4. The summed E-state index contributed by atoms with van der Waals surface area (Å²) in [4.78, 5) is 20.2. The summed E-state index contributed by atoms with van der Waals surface area (Å²) in [6, 6.07) is 5.31. The van der Waals surface area contributed by atoms with Crippen molar-refractivity contribution in [3.63, 3.8) is 0 Å². The van der Waals surface area contributed by atoms with Crippen molar-refractivity contribution >= 4 is 11.7 Å². The Bertz CT molecular complexity index is 892. The van der Waals surface area contributed by atoms with Gasteiger partial charge >= 0.3 is 0 Å². The number of carbonyl (C=O) groups is 1. The van der Waals surface area contributed by atoms with Crippen LogP contribution in [0.5, 0.6) is 0 Å². The molecule has 0 spiro atoms. The minimum atomic E-state index is -0.390. The molecule has 8 nitrogen and oxygen atoms in total. The van der Waals surface area contributed by atoms with E-state index in [1.54, 1.807) is 24.0 Å². The second kappa shape index (κ2) is 7.04. The summed E-state index contributed by atoms with van der Waals surface area (Å²) in [5.41, 5.74) is 7.55. The monoisotopic (exact) mass is 341 g/mol. The predicted molar refractivity (Wildman–Crippen MR) is 87.9 cm³/mol. The number of nitrogen functional groups attached to an aromatic ring is 1. The molecule has 1 amide bonds. The minimum absolute atomic E-state index is 0.204. The Morgan fingerprint density at radius 2 is 2.08 bits per heavy atom. The van der Waals surface area contributed by atoms with Crippen LogP contribution < -0.4 is 11.1 Å². The van der Waals surface area contributed by atoms with E-state index in [0.29, 0.717) is 29.4 Å². The molecule has 128 valence electrons. The Labute approximate surface area is 142 Å². The first-order valence-electron chi connectivity index (χ1n) is 7.52. The fourth-order valence-electron chi connectivity index (χ4n) is 2.18. The summed E-state index contributed by atoms with van der Waals surface area (Å²) in [7, 11) is 0. The summed E-state index contributed by atoms with van der Waals surface area (Å²) in [5, 5.41) is 10.7. The van der Waals surface area contributed by atoms with E-state index in [9.17, 15) is 9.18 Å². The van der Waals surface area contributed by atoms with Gasteiger partial charge in [-0.3, -0.25) is 4.79 Å². The molecule has 0 radical (unpaired) electrons. The largest absolute Gasteiger partial charge is 0.383 e. The van der Waals surface area contributed by atoms with Gasteiger partial charge in [-0.2, -0.15) is 0 Å². The highest BCUT2D eigenvalue weighted by atomic mass is 19.1. The maximum atomic E-state index is 12.9. The van der Waals surface area contributed by atoms with Crippen LogP contribution in [-0.2, 0) is 13.1 Å². The highest BCUT2D eigenvalue weighted by molar-refractivity contribution is 5.94. The van der Waals surface area contributed by atoms with Gasteiger partial charge in [0.1, 0.15) is 23.2 Å². The van der Waals surface area contributed by atoms with Gasteiger partial charge in [0.05, 0.1) is 19.3 Å². The number of aryl methyl sites for hydroxylation is 1. The maximum Gasteiger partial charge on any atom is 0.251 e. The minimum Gasteiger partial charge on any atom is -0.383 e. The van der Waals surface area contributed by atoms with E-state index in [0.717, 1.165) is 5.56 Å². The van der Waals surface area contributed by atoms with Gasteiger partial charge in [0.15, 0.2) is 0 Å². The third kappa shape index (κ3) is 4.14. The number of nitrogens with two attached hydrogens (primary N) is 1. The number of nitrogens with one attached hydrogen (secondary N) is 1. The average Bonchev–Trinajstić information content (AvgIpc) is 3.03. The first-order chi connectivity index (χ1) is 12.0. The molecule has 0 atom stereocenters. The SMILES string of the molecule is Cc1ncc(Cn2cc(CNC(=O)c3ccc(F)cc3)nn2)c(N)n1. The lowest BCUT2D eigenvalue weighted by Crippen LogP contribution is -2.22. The maximum absolute atomic E-state index is 12.9. The van der Waals surface area contributed by atoms with Gasteiger partial charge in [-0.15, -0.1) is 5.10 Å². The van der Waals surface area contributed by atoms with Gasteiger partial charge < -0.3 is 11.1 Å². The number of halogens is 1. The first-order valence-corrected chi connectivity index (χ1v) is 7.52. The molecule has 0 aliphatic rings. The van der Waals surface area contributed by atoms with E-state index < -0.39 is 0 Å². The number of benzene rings is 1. The van der Waals surface area contributed by atoms with E-state index in [4.69, 9.17) is 5.73 Å². The molecule has 0 bridgehead atoms. The predicted octanol–water partition coefficient (Wildman–Crippen LogP) is 1.08. The Morgan fingerprint density at radius 1 is 1.32 bits per heavy atom. The molecule has 2 aromatic heterocycles. The lowest BCUT2D eigenvalue weighted by molar-refractivity contribution is 0.0950. The number of hydrogen-bond donors (Lipinski definition) is 2. The molecule has 0 fully saturated rings. The first kappa shape index (κ1) is 16.5. The van der Waals surface area contributed by atoms with Crippen LogP contribution in [0.25, 0.3) is 0 Å². The molecule has 3 rings (SSSR count). The summed E-state index contributed by atoms with van der Waals surface area (Å²) in [6.45, 7) is 2.35. The number of rotatable bonds is 5. The molecule has 2 heterocycles. The van der Waals surface area contributed by atoms with Gasteiger partial charge in [0.25, 0.3) is 5.91 Å². The molecule has 0 unspecified atom stereocenters. The number of anilines is 1. The summed E-state index contributed by atoms with van der Waals surface area (Å²) in [5.74, 6) is 0.294. The zero-order valence-corrected chi connectivity index (χ0v) is 13.5. The van der Waals surface area contributed by atoms with E-state index >= 15 is 0 Å². The highest BCUT2D eigenvalue weighted by Crippen LogP contribution is 2.09. The Kier molecular flexibility index (Phi) is 4.64. The lowest BCUT2D eigenvalue weighted by Gasteiger charge is -2.04. The van der Waals surface area contributed by atoms with Crippen LogP contribution in [0, 0.1) is 12.7 Å². The van der Waals surface area contributed by atoms with E-state index in [-0.39, 0.29) is 18.3 Å². The van der Waals surface area contributed by atoms with Gasteiger partial charge in [0.2, 0.25) is 0 Å². The number of carbonyl (C=O) groups excluding carboxylic acids is 1. The van der Waals surface area contributed by atoms with Gasteiger partial charge in [-0.1, -0.05) is 5.21 Å². The fourth-order valence-corrected chi connectivity index (χ4v) is 2.18. The van der Waals surface area contributed by atoms with Crippen molar-refractivity contribution in [2.24, 2.45) is 0 Å². The van der Waals surface area contributed by atoms with Crippen molar-refractivity contribution < 1.29 is 9.18 Å². The average molecular weight is 341 g/mol. The second-order valence-electron chi connectivity index (χ2n) is 5.42. The highest BCUT2D eigenvalue weighted by Gasteiger charge is 2.09. The van der Waals surface area contributed by atoms with Crippen LogP contribution in [0.1, 0.15) is 27.4 Å². The van der Waals surface area contributed by atoms with Gasteiger partial charge in [0, 0.05) is 17.3 Å². The number of nitrogens with zero attached hydrogens (tertiary/aromatic N) is 5. The van der Waals surface area contributed by atoms with Crippen molar-refractivity contribution in [1.29, 1.82) is 0 Å². The van der Waals surface area contributed by atoms with Crippen LogP contribution in [0.2, 0.25) is 0 Å². The number of amides is 1. The molecular formula is C16H16FN7O. The third-order valence-corrected chi connectivity index (χ3v) is 3.47. The quantitative estimate of drug-likeness (QED) is 0.718. The van der Waals surface area contributed by atoms with Crippen LogP contribution in [0.15, 0.2) is 36.7 Å². The lowest BCUT2D eigenvalue weighted by atomic mass is 10.2. The molecule has 0 aliphatic heterocycles. The number of hydrogen-bond acceptors (Lipinski definition) is 6. The Balaban J connectivity index is 1.60. The zero-order chi connectivity index (χ0) is 17.8. The molecule has 0 saturated carbocycles. The number of aromatic nitrogens is 5. The molecule has 0 aliphatic carbocycles. The van der Waals surface area contributed by atoms with Crippen LogP contribution >= 0.6 is 0 Å². The van der Waals surface area contributed by atoms with E-state index in [1.807, 2.05) is 0 Å². The molecule has 25 heavy (non-hydrogen) atoms. The standard InChI is InChI=1S/C16H16FN7O/c1-10-19-6-12(15(18)21-10)8-24-9-14(22-23-24)7-20-16(25)11-2-4-13(17)5-3-11/h2-6,9H,7-8H2,1H3,(H,20,25)(H2,18,19,21). The Morgan fingerprint density at radius 3 is 2.80 bits per heavy atom. The van der Waals surface area contributed by atoms with Crippen molar-refractivity contribution in [2.45, 2.75) is 20.0 Å². The Hall–Kier alpha value is -3.36. The van der Waals surface area contributed by atoms with E-state index in [2.05, 4.69) is 25.6 Å². The normalized spacial score (nSPS) is 10.6. The smallest absolute Gasteiger partial charge is 0.251 e. The zero-order valence-electron chi connectivity index (χ0n) is 13.5. The molecular weight excluding hydrogens is 325 g/mol. The van der Waals surface area contributed by atoms with Crippen molar-refractivity contribution in [3.05, 3.63) is 65.1 Å². The van der Waals surface area contributed by atoms with Crippen molar-refractivity contribution in [3.8, 4) is 0 Å². The summed E-state index contributed by atoms with van der Waals surface area (Å²) in [6.07, 6.45) is 3.35. The third-order valence-electron chi connectivity index (χ3n) is 3.47. The fraction of sp³-hybridized carbons (Fsp3) is 0.188. The summed E-state index contributed by atoms with van der Waals surface area (Å²) >= 11 is 0. The molecule has 3 N–H and O–H groups in total. The molecule has 1 aromatic carbocycles. The topological polar surface area (TPSA) is 112 Å². The van der Waals surface area contributed by atoms with Crippen LogP contribution in [-0.4, -0.2) is 30.9 Å². The van der Waals surface area contributed by atoms with Gasteiger partial charge in [-0.05, 0) is 31.2 Å². The molecule has 9 heteroatoms. The van der Waals surface area contributed by atoms with Crippen LogP contribution in [0.3, 0.4) is 0 Å². The van der Waals surface area contributed by atoms with Crippen molar-refractivity contribution in [2.75, 3.05) is 5.73 Å². The van der Waals surface area contributed by atoms with Crippen LogP contribution in [0.4, 0.5) is 10.2 Å². The van der Waals surface area contributed by atoms with Crippen molar-refractivity contribution in [1.82, 2.24) is 30.3 Å². The van der Waals surface area contributed by atoms with Gasteiger partial charge in [-0.25, -0.2) is 19.0 Å². The molecule has 3 aromatic rings.